The number of hydrogen-bond acceptors (Lipinski definition) is 5. The third kappa shape index (κ3) is 3.17. The highest BCUT2D eigenvalue weighted by Gasteiger charge is 2.09. The average molecular weight is 248 g/mol. The standard InChI is InChI=1S/C12H16N4S/c1-2-7-16(12-14-9-15-17-12)8-10-3-5-11(13)6-4-10/h3-6,9H,2,7-8,13H2,1H3. The SMILES string of the molecule is CCCN(Cc1ccc(N)cc1)c1ncns1. The van der Waals surface area contributed by atoms with Crippen molar-refractivity contribution in [1.29, 1.82) is 0 Å². The molecule has 0 saturated carbocycles. The number of aromatic nitrogens is 2. The topological polar surface area (TPSA) is 55.0 Å². The fourth-order valence-corrected chi connectivity index (χ4v) is 2.22. The molecule has 0 bridgehead atoms. The quantitative estimate of drug-likeness (QED) is 0.826. The van der Waals surface area contributed by atoms with Crippen LogP contribution in [0.2, 0.25) is 0 Å². The van der Waals surface area contributed by atoms with E-state index in [2.05, 4.69) is 33.3 Å². The predicted molar refractivity (Wildman–Crippen MR) is 72.1 cm³/mol. The van der Waals surface area contributed by atoms with E-state index in [1.165, 1.54) is 17.1 Å². The number of rotatable bonds is 5. The molecule has 0 spiro atoms. The molecular formula is C12H16N4S. The summed E-state index contributed by atoms with van der Waals surface area (Å²) >= 11 is 1.43. The van der Waals surface area contributed by atoms with E-state index < -0.39 is 0 Å². The van der Waals surface area contributed by atoms with Gasteiger partial charge in [0.2, 0.25) is 5.13 Å². The van der Waals surface area contributed by atoms with Gasteiger partial charge >= 0.3 is 0 Å². The van der Waals surface area contributed by atoms with E-state index in [1.54, 1.807) is 6.33 Å². The van der Waals surface area contributed by atoms with Gasteiger partial charge < -0.3 is 10.6 Å². The molecule has 0 atom stereocenters. The second-order valence-electron chi connectivity index (χ2n) is 3.89. The zero-order chi connectivity index (χ0) is 12.1. The molecule has 2 rings (SSSR count). The minimum atomic E-state index is 0.798. The van der Waals surface area contributed by atoms with E-state index >= 15 is 0 Å². The van der Waals surface area contributed by atoms with Crippen molar-refractivity contribution in [2.45, 2.75) is 19.9 Å². The Kier molecular flexibility index (Phi) is 3.93. The van der Waals surface area contributed by atoms with Crippen molar-refractivity contribution in [2.75, 3.05) is 17.2 Å². The van der Waals surface area contributed by atoms with E-state index in [9.17, 15) is 0 Å². The van der Waals surface area contributed by atoms with Gasteiger partial charge in [-0.05, 0) is 24.1 Å². The summed E-state index contributed by atoms with van der Waals surface area (Å²) < 4.78 is 4.05. The van der Waals surface area contributed by atoms with Gasteiger partial charge in [0.1, 0.15) is 6.33 Å². The second-order valence-corrected chi connectivity index (χ2v) is 4.65. The molecular weight excluding hydrogens is 232 g/mol. The lowest BCUT2D eigenvalue weighted by Gasteiger charge is -2.20. The van der Waals surface area contributed by atoms with E-state index in [4.69, 9.17) is 5.73 Å². The molecule has 0 unspecified atom stereocenters. The van der Waals surface area contributed by atoms with Crippen LogP contribution in [0, 0.1) is 0 Å². The summed E-state index contributed by atoms with van der Waals surface area (Å²) in [5.41, 5.74) is 7.71. The summed E-state index contributed by atoms with van der Waals surface area (Å²) in [5, 5.41) is 0.976. The molecule has 4 nitrogen and oxygen atoms in total. The number of nitrogens with zero attached hydrogens (tertiary/aromatic N) is 3. The Hall–Kier alpha value is -1.62. The van der Waals surface area contributed by atoms with Crippen LogP contribution in [-0.4, -0.2) is 15.9 Å². The van der Waals surface area contributed by atoms with Gasteiger partial charge in [0.25, 0.3) is 0 Å². The molecule has 90 valence electrons. The van der Waals surface area contributed by atoms with E-state index in [0.29, 0.717) is 0 Å². The molecule has 0 aliphatic rings. The zero-order valence-corrected chi connectivity index (χ0v) is 10.7. The summed E-state index contributed by atoms with van der Waals surface area (Å²) in [5.74, 6) is 0. The van der Waals surface area contributed by atoms with Crippen LogP contribution in [0.4, 0.5) is 10.8 Å². The molecule has 0 radical (unpaired) electrons. The molecule has 1 aromatic heterocycles. The maximum absolute atomic E-state index is 5.68. The van der Waals surface area contributed by atoms with Crippen LogP contribution in [0.5, 0.6) is 0 Å². The second kappa shape index (κ2) is 5.63. The van der Waals surface area contributed by atoms with Crippen LogP contribution in [0.25, 0.3) is 0 Å². The monoisotopic (exact) mass is 248 g/mol. The Morgan fingerprint density at radius 1 is 1.29 bits per heavy atom. The highest BCUT2D eigenvalue weighted by molar-refractivity contribution is 7.09. The number of nitrogens with two attached hydrogens (primary N) is 1. The van der Waals surface area contributed by atoms with Gasteiger partial charge in [0.15, 0.2) is 0 Å². The number of hydrogen-bond donors (Lipinski definition) is 1. The third-order valence-electron chi connectivity index (χ3n) is 2.47. The fraction of sp³-hybridized carbons (Fsp3) is 0.333. The van der Waals surface area contributed by atoms with Gasteiger partial charge in [-0.3, -0.25) is 0 Å². The van der Waals surface area contributed by atoms with Crippen LogP contribution >= 0.6 is 11.5 Å². The van der Waals surface area contributed by atoms with Gasteiger partial charge in [0.05, 0.1) is 0 Å². The Morgan fingerprint density at radius 2 is 2.06 bits per heavy atom. The maximum atomic E-state index is 5.68. The van der Waals surface area contributed by atoms with Crippen molar-refractivity contribution >= 4 is 22.4 Å². The minimum Gasteiger partial charge on any atom is -0.399 e. The number of anilines is 2. The first-order chi connectivity index (χ1) is 8.29. The summed E-state index contributed by atoms with van der Waals surface area (Å²) in [6, 6.07) is 7.97. The van der Waals surface area contributed by atoms with Crippen molar-refractivity contribution in [3.63, 3.8) is 0 Å². The maximum Gasteiger partial charge on any atom is 0.205 e. The fourth-order valence-electron chi connectivity index (χ4n) is 1.66. The molecule has 0 aliphatic heterocycles. The molecule has 2 N–H and O–H groups in total. The summed E-state index contributed by atoms with van der Waals surface area (Å²) in [6.45, 7) is 4.00. The molecule has 0 aliphatic carbocycles. The van der Waals surface area contributed by atoms with E-state index in [1.807, 2.05) is 12.1 Å². The Morgan fingerprint density at radius 3 is 2.65 bits per heavy atom. The summed E-state index contributed by atoms with van der Waals surface area (Å²) in [6.07, 6.45) is 2.69. The molecule has 1 aromatic carbocycles. The molecule has 1 heterocycles. The van der Waals surface area contributed by atoms with Gasteiger partial charge in [-0.2, -0.15) is 4.37 Å². The van der Waals surface area contributed by atoms with Gasteiger partial charge in [-0.15, -0.1) is 0 Å². The number of benzene rings is 1. The third-order valence-corrected chi connectivity index (χ3v) is 3.19. The Labute approximate surface area is 105 Å². The van der Waals surface area contributed by atoms with Crippen LogP contribution in [-0.2, 0) is 6.54 Å². The van der Waals surface area contributed by atoms with Crippen molar-refractivity contribution in [2.24, 2.45) is 0 Å². The lowest BCUT2D eigenvalue weighted by atomic mass is 10.2. The highest BCUT2D eigenvalue weighted by Crippen LogP contribution is 2.18. The molecule has 0 fully saturated rings. The largest absolute Gasteiger partial charge is 0.399 e. The van der Waals surface area contributed by atoms with Crippen LogP contribution in [0.1, 0.15) is 18.9 Å². The number of nitrogen functional groups attached to an aromatic ring is 1. The minimum absolute atomic E-state index is 0.798. The predicted octanol–water partition coefficient (Wildman–Crippen LogP) is 2.54. The molecule has 0 amide bonds. The zero-order valence-electron chi connectivity index (χ0n) is 9.84. The Bertz CT molecular complexity index is 438. The lowest BCUT2D eigenvalue weighted by Crippen LogP contribution is -2.23. The Balaban J connectivity index is 2.10. The van der Waals surface area contributed by atoms with Crippen LogP contribution < -0.4 is 10.6 Å². The first kappa shape index (κ1) is 11.9. The normalized spacial score (nSPS) is 10.4. The van der Waals surface area contributed by atoms with E-state index in [-0.39, 0.29) is 0 Å². The average Bonchev–Trinajstić information content (AvgIpc) is 2.85. The van der Waals surface area contributed by atoms with Gasteiger partial charge in [0, 0.05) is 30.3 Å². The van der Waals surface area contributed by atoms with Gasteiger partial charge in [-0.25, -0.2) is 4.98 Å². The summed E-state index contributed by atoms with van der Waals surface area (Å²) in [4.78, 5) is 6.50. The van der Waals surface area contributed by atoms with Crippen molar-refractivity contribution in [3.8, 4) is 0 Å². The first-order valence-electron chi connectivity index (χ1n) is 5.65. The van der Waals surface area contributed by atoms with Crippen LogP contribution in [0.3, 0.4) is 0 Å². The molecule has 5 heteroatoms. The van der Waals surface area contributed by atoms with Gasteiger partial charge in [-0.1, -0.05) is 19.1 Å². The summed E-state index contributed by atoms with van der Waals surface area (Å²) in [7, 11) is 0. The van der Waals surface area contributed by atoms with Crippen LogP contribution in [0.15, 0.2) is 30.6 Å². The lowest BCUT2D eigenvalue weighted by molar-refractivity contribution is 0.764. The van der Waals surface area contributed by atoms with Crippen molar-refractivity contribution < 1.29 is 0 Å². The molecule has 2 aromatic rings. The highest BCUT2D eigenvalue weighted by atomic mass is 32.1. The van der Waals surface area contributed by atoms with E-state index in [0.717, 1.165) is 30.3 Å². The van der Waals surface area contributed by atoms with Crippen molar-refractivity contribution in [3.05, 3.63) is 36.2 Å². The molecule has 17 heavy (non-hydrogen) atoms. The van der Waals surface area contributed by atoms with Crippen molar-refractivity contribution in [1.82, 2.24) is 9.36 Å². The first-order valence-corrected chi connectivity index (χ1v) is 6.43. The smallest absolute Gasteiger partial charge is 0.205 e. The molecule has 0 saturated heterocycles.